The summed E-state index contributed by atoms with van der Waals surface area (Å²) < 4.78 is 10.3. The van der Waals surface area contributed by atoms with Gasteiger partial charge in [0.25, 0.3) is 0 Å². The minimum Gasteiger partial charge on any atom is -0.468 e. The quantitative estimate of drug-likeness (QED) is 0.552. The summed E-state index contributed by atoms with van der Waals surface area (Å²) in [5, 5.41) is 4.07. The van der Waals surface area contributed by atoms with Crippen molar-refractivity contribution in [2.75, 3.05) is 26.1 Å². The van der Waals surface area contributed by atoms with Crippen LogP contribution in [0.1, 0.15) is 46.5 Å². The second-order valence-electron chi connectivity index (χ2n) is 5.91. The zero-order chi connectivity index (χ0) is 15.0. The second kappa shape index (κ2) is 8.90. The summed E-state index contributed by atoms with van der Waals surface area (Å²) in [6, 6.07) is 0.266. The third-order valence-corrected chi connectivity index (χ3v) is 5.05. The lowest BCUT2D eigenvalue weighted by Crippen LogP contribution is -2.53. The first kappa shape index (κ1) is 17.8. The van der Waals surface area contributed by atoms with E-state index in [4.69, 9.17) is 9.47 Å². The van der Waals surface area contributed by atoms with Crippen LogP contribution in [0.3, 0.4) is 0 Å². The molecule has 0 aliphatic carbocycles. The molecule has 1 aliphatic heterocycles. The lowest BCUT2D eigenvalue weighted by atomic mass is 9.95. The highest BCUT2D eigenvalue weighted by atomic mass is 32.2. The first-order chi connectivity index (χ1) is 9.48. The highest BCUT2D eigenvalue weighted by molar-refractivity contribution is 7.99. The molecule has 1 unspecified atom stereocenters. The zero-order valence-corrected chi connectivity index (χ0v) is 14.1. The fraction of sp³-hybridized carbons (Fsp3) is 0.933. The molecule has 0 aromatic heterocycles. The van der Waals surface area contributed by atoms with Gasteiger partial charge in [-0.2, -0.15) is 11.8 Å². The van der Waals surface area contributed by atoms with Crippen LogP contribution in [0.4, 0.5) is 0 Å². The van der Waals surface area contributed by atoms with Crippen molar-refractivity contribution in [1.82, 2.24) is 5.32 Å². The van der Waals surface area contributed by atoms with Gasteiger partial charge in [0, 0.05) is 24.5 Å². The zero-order valence-electron chi connectivity index (χ0n) is 13.2. The van der Waals surface area contributed by atoms with Crippen molar-refractivity contribution in [3.05, 3.63) is 0 Å². The Hall–Kier alpha value is -0.260. The predicted molar refractivity (Wildman–Crippen MR) is 84.2 cm³/mol. The number of thioether (sulfide) groups is 1. The van der Waals surface area contributed by atoms with Gasteiger partial charge in [0.2, 0.25) is 0 Å². The Morgan fingerprint density at radius 1 is 1.45 bits per heavy atom. The van der Waals surface area contributed by atoms with Crippen LogP contribution in [0.15, 0.2) is 0 Å². The third-order valence-electron chi connectivity index (χ3n) is 3.59. The average Bonchev–Trinajstić information content (AvgIpc) is 2.43. The molecule has 1 aliphatic rings. The van der Waals surface area contributed by atoms with E-state index in [1.807, 2.05) is 18.7 Å². The van der Waals surface area contributed by atoms with Crippen LogP contribution in [0.5, 0.6) is 0 Å². The van der Waals surface area contributed by atoms with Crippen molar-refractivity contribution < 1.29 is 14.3 Å². The van der Waals surface area contributed by atoms with Crippen molar-refractivity contribution in [1.29, 1.82) is 0 Å². The van der Waals surface area contributed by atoms with E-state index in [0.717, 1.165) is 49.9 Å². The molecule has 1 heterocycles. The molecule has 0 bridgehead atoms. The van der Waals surface area contributed by atoms with Gasteiger partial charge in [0.15, 0.2) is 0 Å². The fourth-order valence-electron chi connectivity index (χ4n) is 2.61. The lowest BCUT2D eigenvalue weighted by molar-refractivity contribution is -0.148. The van der Waals surface area contributed by atoms with Gasteiger partial charge >= 0.3 is 5.97 Å². The largest absolute Gasteiger partial charge is 0.468 e. The fourth-order valence-corrected chi connectivity index (χ4v) is 3.78. The first-order valence-corrected chi connectivity index (χ1v) is 8.58. The topological polar surface area (TPSA) is 47.6 Å². The van der Waals surface area contributed by atoms with Crippen molar-refractivity contribution in [3.63, 3.8) is 0 Å². The maximum atomic E-state index is 12.0. The van der Waals surface area contributed by atoms with Gasteiger partial charge in [0.1, 0.15) is 5.54 Å². The number of methoxy groups -OCH3 is 1. The Balaban J connectivity index is 2.32. The molecule has 1 N–H and O–H groups in total. The van der Waals surface area contributed by atoms with Crippen LogP contribution in [0, 0.1) is 0 Å². The minimum absolute atomic E-state index is 0.165. The maximum absolute atomic E-state index is 12.0. The normalized spacial score (nSPS) is 19.9. The Labute approximate surface area is 127 Å². The Bertz CT molecular complexity index is 293. The van der Waals surface area contributed by atoms with Crippen LogP contribution in [-0.4, -0.2) is 48.9 Å². The van der Waals surface area contributed by atoms with Crippen molar-refractivity contribution in [2.24, 2.45) is 0 Å². The molecule has 0 radical (unpaired) electrons. The van der Waals surface area contributed by atoms with E-state index in [0.29, 0.717) is 0 Å². The summed E-state index contributed by atoms with van der Waals surface area (Å²) in [5.74, 6) is 0.930. The number of carbonyl (C=O) groups is 1. The molecule has 0 aromatic carbocycles. The molecule has 5 heteroatoms. The van der Waals surface area contributed by atoms with Crippen LogP contribution >= 0.6 is 11.8 Å². The molecular weight excluding hydrogens is 274 g/mol. The molecule has 0 amide bonds. The van der Waals surface area contributed by atoms with E-state index in [9.17, 15) is 4.79 Å². The van der Waals surface area contributed by atoms with Gasteiger partial charge in [-0.15, -0.1) is 0 Å². The second-order valence-corrected chi connectivity index (χ2v) is 7.32. The van der Waals surface area contributed by atoms with Gasteiger partial charge in [-0.05, 0) is 52.2 Å². The number of hydrogen-bond donors (Lipinski definition) is 1. The molecule has 1 rings (SSSR count). The molecule has 1 atom stereocenters. The number of rotatable bonds is 8. The van der Waals surface area contributed by atoms with Gasteiger partial charge in [-0.25, -0.2) is 0 Å². The van der Waals surface area contributed by atoms with Crippen LogP contribution in [-0.2, 0) is 14.3 Å². The number of ether oxygens (including phenoxy) is 2. The summed E-state index contributed by atoms with van der Waals surface area (Å²) >= 11 is 2.02. The Kier molecular flexibility index (Phi) is 7.92. The van der Waals surface area contributed by atoms with Crippen LogP contribution < -0.4 is 5.32 Å². The molecule has 20 heavy (non-hydrogen) atoms. The van der Waals surface area contributed by atoms with Crippen LogP contribution in [0.2, 0.25) is 0 Å². The number of nitrogens with one attached hydrogen (secondary N) is 1. The predicted octanol–water partition coefficient (Wildman–Crippen LogP) is 2.61. The molecule has 0 saturated carbocycles. The van der Waals surface area contributed by atoms with E-state index in [1.165, 1.54) is 7.11 Å². The van der Waals surface area contributed by atoms with E-state index < -0.39 is 5.54 Å². The smallest absolute Gasteiger partial charge is 0.325 e. The van der Waals surface area contributed by atoms with Crippen molar-refractivity contribution >= 4 is 17.7 Å². The Morgan fingerprint density at radius 3 is 2.65 bits per heavy atom. The van der Waals surface area contributed by atoms with E-state index in [1.54, 1.807) is 0 Å². The van der Waals surface area contributed by atoms with Gasteiger partial charge in [-0.1, -0.05) is 0 Å². The summed E-state index contributed by atoms with van der Waals surface area (Å²) in [6.45, 7) is 7.84. The lowest BCUT2D eigenvalue weighted by Gasteiger charge is -2.30. The third kappa shape index (κ3) is 6.02. The van der Waals surface area contributed by atoms with Crippen molar-refractivity contribution in [3.8, 4) is 0 Å². The molecule has 1 fully saturated rings. The monoisotopic (exact) mass is 303 g/mol. The molecule has 4 nitrogen and oxygen atoms in total. The van der Waals surface area contributed by atoms with Crippen molar-refractivity contribution in [2.45, 2.75) is 63.3 Å². The van der Waals surface area contributed by atoms with E-state index in [-0.39, 0.29) is 12.0 Å². The summed E-state index contributed by atoms with van der Waals surface area (Å²) in [6.07, 6.45) is 4.15. The molecule has 1 saturated heterocycles. The molecular formula is C15H29NO3S. The van der Waals surface area contributed by atoms with Gasteiger partial charge in [0.05, 0.1) is 7.11 Å². The number of hydrogen-bond acceptors (Lipinski definition) is 5. The standard InChI is InChI=1S/C15H29NO3S/c1-12(2)16-15(3,14(17)18-4)8-5-11-20-13-6-9-19-10-7-13/h12-13,16H,5-11H2,1-4H3. The van der Waals surface area contributed by atoms with Gasteiger partial charge in [-0.3, -0.25) is 10.1 Å². The SMILES string of the molecule is COC(=O)C(C)(CCCSC1CCOCC1)NC(C)C. The Morgan fingerprint density at radius 2 is 2.10 bits per heavy atom. The first-order valence-electron chi connectivity index (χ1n) is 7.53. The number of esters is 1. The average molecular weight is 303 g/mol. The molecule has 0 aromatic rings. The minimum atomic E-state index is -0.570. The summed E-state index contributed by atoms with van der Waals surface area (Å²) in [5.41, 5.74) is -0.570. The summed E-state index contributed by atoms with van der Waals surface area (Å²) in [4.78, 5) is 12.0. The summed E-state index contributed by atoms with van der Waals surface area (Å²) in [7, 11) is 1.46. The number of carbonyl (C=O) groups excluding carboxylic acids is 1. The molecule has 118 valence electrons. The highest BCUT2D eigenvalue weighted by Gasteiger charge is 2.34. The molecule has 0 spiro atoms. The van der Waals surface area contributed by atoms with Crippen LogP contribution in [0.25, 0.3) is 0 Å². The van der Waals surface area contributed by atoms with E-state index in [2.05, 4.69) is 19.2 Å². The van der Waals surface area contributed by atoms with Gasteiger partial charge < -0.3 is 9.47 Å². The maximum Gasteiger partial charge on any atom is 0.325 e. The van der Waals surface area contributed by atoms with E-state index >= 15 is 0 Å². The highest BCUT2D eigenvalue weighted by Crippen LogP contribution is 2.24.